The summed E-state index contributed by atoms with van der Waals surface area (Å²) < 4.78 is 38.2. The van der Waals surface area contributed by atoms with Crippen LogP contribution in [0.15, 0.2) is 24.3 Å². The number of sulfonamides is 1. The lowest BCUT2D eigenvalue weighted by atomic mass is 10.2. The number of rotatable bonds is 5. The van der Waals surface area contributed by atoms with Gasteiger partial charge in [-0.2, -0.15) is 0 Å². The molecule has 0 saturated carbocycles. The summed E-state index contributed by atoms with van der Waals surface area (Å²) in [5.74, 6) is -2.51. The average molecular weight is 261 g/mol. The molecule has 0 aliphatic heterocycles. The molecule has 0 spiro atoms. The lowest BCUT2D eigenvalue weighted by molar-refractivity contribution is -0.138. The van der Waals surface area contributed by atoms with Crippen molar-refractivity contribution in [3.63, 3.8) is 0 Å². The molecule has 0 aromatic heterocycles. The van der Waals surface area contributed by atoms with Gasteiger partial charge in [0.2, 0.25) is 10.0 Å². The van der Waals surface area contributed by atoms with Gasteiger partial charge in [-0.05, 0) is 13.0 Å². The van der Waals surface area contributed by atoms with Crippen molar-refractivity contribution in [3.8, 4) is 0 Å². The van der Waals surface area contributed by atoms with Gasteiger partial charge in [0.25, 0.3) is 0 Å². The van der Waals surface area contributed by atoms with Crippen LogP contribution in [0.1, 0.15) is 12.5 Å². The minimum absolute atomic E-state index is 0.00223. The Bertz CT molecular complexity index is 515. The lowest BCUT2D eigenvalue weighted by Gasteiger charge is -2.10. The minimum Gasteiger partial charge on any atom is -0.480 e. The predicted octanol–water partition coefficient (Wildman–Crippen LogP) is 0.718. The van der Waals surface area contributed by atoms with Gasteiger partial charge < -0.3 is 5.11 Å². The van der Waals surface area contributed by atoms with Crippen LogP contribution in [0.25, 0.3) is 0 Å². The number of benzene rings is 1. The van der Waals surface area contributed by atoms with Crippen molar-refractivity contribution in [2.75, 3.05) is 0 Å². The van der Waals surface area contributed by atoms with Gasteiger partial charge in [-0.1, -0.05) is 18.2 Å². The molecule has 1 aromatic carbocycles. The highest BCUT2D eigenvalue weighted by atomic mass is 32.2. The first-order valence-corrected chi connectivity index (χ1v) is 6.43. The van der Waals surface area contributed by atoms with Crippen LogP contribution in [0.4, 0.5) is 4.39 Å². The zero-order valence-corrected chi connectivity index (χ0v) is 9.87. The second-order valence-electron chi connectivity index (χ2n) is 3.53. The average Bonchev–Trinajstić information content (AvgIpc) is 2.20. The van der Waals surface area contributed by atoms with Gasteiger partial charge in [0.15, 0.2) is 0 Å². The molecule has 0 aliphatic rings. The van der Waals surface area contributed by atoms with Crippen LogP contribution in [0.2, 0.25) is 0 Å². The normalized spacial score (nSPS) is 13.3. The van der Waals surface area contributed by atoms with E-state index in [0.717, 1.165) is 6.07 Å². The largest absolute Gasteiger partial charge is 0.480 e. The number of hydrogen-bond donors (Lipinski definition) is 2. The molecule has 1 aromatic rings. The maximum Gasteiger partial charge on any atom is 0.321 e. The number of nitrogens with one attached hydrogen (secondary N) is 1. The van der Waals surface area contributed by atoms with E-state index in [1.807, 2.05) is 4.72 Å². The summed E-state index contributed by atoms with van der Waals surface area (Å²) in [7, 11) is -3.87. The fourth-order valence-corrected chi connectivity index (χ4v) is 2.55. The highest BCUT2D eigenvalue weighted by Gasteiger charge is 2.20. The van der Waals surface area contributed by atoms with Crippen molar-refractivity contribution < 1.29 is 22.7 Å². The fourth-order valence-electron chi connectivity index (χ4n) is 1.18. The van der Waals surface area contributed by atoms with E-state index in [9.17, 15) is 17.6 Å². The highest BCUT2D eigenvalue weighted by molar-refractivity contribution is 7.88. The zero-order chi connectivity index (χ0) is 13.1. The Morgan fingerprint density at radius 1 is 1.47 bits per heavy atom. The van der Waals surface area contributed by atoms with E-state index in [4.69, 9.17) is 5.11 Å². The SMILES string of the molecule is C[C@@H](NS(=O)(=O)Cc1ccccc1F)C(=O)O. The predicted molar refractivity (Wildman–Crippen MR) is 59.3 cm³/mol. The molecule has 2 N–H and O–H groups in total. The number of aliphatic carboxylic acids is 1. The summed E-state index contributed by atoms with van der Waals surface area (Å²) >= 11 is 0. The Hall–Kier alpha value is -1.47. The van der Waals surface area contributed by atoms with E-state index in [2.05, 4.69) is 0 Å². The standard InChI is InChI=1S/C10H12FNO4S/c1-7(10(13)14)12-17(15,16)6-8-4-2-3-5-9(8)11/h2-5,7,12H,6H2,1H3,(H,13,14)/t7-/m1/s1. The van der Waals surface area contributed by atoms with E-state index in [1.54, 1.807) is 0 Å². The summed E-state index contributed by atoms with van der Waals surface area (Å²) in [6, 6.07) is 4.19. The number of carbonyl (C=O) groups is 1. The molecule has 17 heavy (non-hydrogen) atoms. The molecular formula is C10H12FNO4S. The summed E-state index contributed by atoms with van der Waals surface area (Å²) in [6.45, 7) is 1.20. The van der Waals surface area contributed by atoms with E-state index in [1.165, 1.54) is 25.1 Å². The first-order chi connectivity index (χ1) is 7.82. The Labute approximate surface area is 98.3 Å². The monoisotopic (exact) mass is 261 g/mol. The molecule has 1 rings (SSSR count). The van der Waals surface area contributed by atoms with Crippen molar-refractivity contribution >= 4 is 16.0 Å². The number of carboxylic acids is 1. The third kappa shape index (κ3) is 4.12. The molecule has 5 nitrogen and oxygen atoms in total. The molecule has 0 amide bonds. The summed E-state index contributed by atoms with van der Waals surface area (Å²) in [4.78, 5) is 10.5. The van der Waals surface area contributed by atoms with Crippen molar-refractivity contribution in [2.45, 2.75) is 18.7 Å². The Kier molecular flexibility index (Phi) is 4.19. The van der Waals surface area contributed by atoms with Crippen molar-refractivity contribution in [1.82, 2.24) is 4.72 Å². The van der Waals surface area contributed by atoms with Gasteiger partial charge in [0.1, 0.15) is 11.9 Å². The van der Waals surface area contributed by atoms with Crippen molar-refractivity contribution in [2.24, 2.45) is 0 Å². The summed E-state index contributed by atoms with van der Waals surface area (Å²) in [5, 5.41) is 8.56. The molecule has 0 aliphatic carbocycles. The molecule has 0 fully saturated rings. The maximum absolute atomic E-state index is 13.2. The van der Waals surface area contributed by atoms with Crippen LogP contribution in [-0.4, -0.2) is 25.5 Å². The van der Waals surface area contributed by atoms with Crippen LogP contribution < -0.4 is 4.72 Å². The first kappa shape index (κ1) is 13.6. The first-order valence-electron chi connectivity index (χ1n) is 4.78. The number of halogens is 1. The lowest BCUT2D eigenvalue weighted by Crippen LogP contribution is -2.39. The molecule has 0 radical (unpaired) electrons. The van der Waals surface area contributed by atoms with Gasteiger partial charge >= 0.3 is 5.97 Å². The maximum atomic E-state index is 13.2. The summed E-state index contributed by atoms with van der Waals surface area (Å²) in [5.41, 5.74) is -0.00223. The van der Waals surface area contributed by atoms with Gasteiger partial charge in [-0.15, -0.1) is 0 Å². The number of carboxylic acid groups (broad SMARTS) is 1. The van der Waals surface area contributed by atoms with Crippen LogP contribution in [0, 0.1) is 5.82 Å². The summed E-state index contributed by atoms with van der Waals surface area (Å²) in [6.07, 6.45) is 0. The van der Waals surface area contributed by atoms with E-state index in [0.29, 0.717) is 0 Å². The van der Waals surface area contributed by atoms with Crippen LogP contribution in [0.5, 0.6) is 0 Å². The molecular weight excluding hydrogens is 249 g/mol. The topological polar surface area (TPSA) is 83.5 Å². The van der Waals surface area contributed by atoms with Crippen LogP contribution in [-0.2, 0) is 20.6 Å². The molecule has 0 unspecified atom stereocenters. The molecule has 0 saturated heterocycles. The third-order valence-electron chi connectivity index (χ3n) is 2.03. The van der Waals surface area contributed by atoms with Crippen LogP contribution >= 0.6 is 0 Å². The van der Waals surface area contributed by atoms with E-state index in [-0.39, 0.29) is 5.56 Å². The van der Waals surface area contributed by atoms with Crippen LogP contribution in [0.3, 0.4) is 0 Å². The van der Waals surface area contributed by atoms with E-state index >= 15 is 0 Å². The molecule has 0 bridgehead atoms. The van der Waals surface area contributed by atoms with Gasteiger partial charge in [-0.25, -0.2) is 17.5 Å². The smallest absolute Gasteiger partial charge is 0.321 e. The minimum atomic E-state index is -3.87. The highest BCUT2D eigenvalue weighted by Crippen LogP contribution is 2.10. The fraction of sp³-hybridized carbons (Fsp3) is 0.300. The molecule has 7 heteroatoms. The number of hydrogen-bond acceptors (Lipinski definition) is 3. The Morgan fingerprint density at radius 2 is 2.06 bits per heavy atom. The zero-order valence-electron chi connectivity index (χ0n) is 9.05. The van der Waals surface area contributed by atoms with E-state index < -0.39 is 33.6 Å². The second kappa shape index (κ2) is 5.24. The van der Waals surface area contributed by atoms with Gasteiger partial charge in [0.05, 0.1) is 5.75 Å². The quantitative estimate of drug-likeness (QED) is 0.818. The molecule has 94 valence electrons. The Balaban J connectivity index is 2.81. The van der Waals surface area contributed by atoms with Gasteiger partial charge in [0, 0.05) is 5.56 Å². The second-order valence-corrected chi connectivity index (χ2v) is 5.28. The molecule has 1 atom stereocenters. The Morgan fingerprint density at radius 3 is 2.59 bits per heavy atom. The molecule has 0 heterocycles. The van der Waals surface area contributed by atoms with Crippen molar-refractivity contribution in [1.29, 1.82) is 0 Å². The van der Waals surface area contributed by atoms with Crippen molar-refractivity contribution in [3.05, 3.63) is 35.6 Å². The van der Waals surface area contributed by atoms with Gasteiger partial charge in [-0.3, -0.25) is 4.79 Å². The third-order valence-corrected chi connectivity index (χ3v) is 3.43.